The van der Waals surface area contributed by atoms with E-state index in [0.29, 0.717) is 45.1 Å². The Balaban J connectivity index is 1.70. The molecule has 1 atom stereocenters. The summed E-state index contributed by atoms with van der Waals surface area (Å²) in [5, 5.41) is 0.554. The number of ether oxygens (including phenoxy) is 2. The Labute approximate surface area is 193 Å². The van der Waals surface area contributed by atoms with Crippen LogP contribution < -0.4 is 9.47 Å². The normalized spacial score (nSPS) is 17.5. The summed E-state index contributed by atoms with van der Waals surface area (Å²) in [5.41, 5.74) is 1.25. The third-order valence-electron chi connectivity index (χ3n) is 5.42. The maximum absolute atomic E-state index is 12.9. The topological polar surface area (TPSA) is 63.5 Å². The van der Waals surface area contributed by atoms with Crippen molar-refractivity contribution in [3.05, 3.63) is 53.1 Å². The van der Waals surface area contributed by atoms with Crippen LogP contribution in [-0.4, -0.2) is 42.1 Å². The molecule has 33 heavy (non-hydrogen) atoms. The summed E-state index contributed by atoms with van der Waals surface area (Å²) in [7, 11) is 3.05. The fourth-order valence-corrected chi connectivity index (χ4v) is 4.78. The molecule has 0 aromatic heterocycles. The summed E-state index contributed by atoms with van der Waals surface area (Å²) in [5.74, 6) is 1.56. The summed E-state index contributed by atoms with van der Waals surface area (Å²) in [4.78, 5) is 23.7. The van der Waals surface area contributed by atoms with Crippen molar-refractivity contribution < 1.29 is 27.4 Å². The van der Waals surface area contributed by atoms with Gasteiger partial charge in [-0.2, -0.15) is 18.2 Å². The largest absolute Gasteiger partial charge is 0.493 e. The summed E-state index contributed by atoms with van der Waals surface area (Å²) < 4.78 is 49.4. The number of hydrogen-bond donors (Lipinski definition) is 0. The van der Waals surface area contributed by atoms with E-state index in [2.05, 4.69) is 4.99 Å². The lowest BCUT2D eigenvalue weighted by Crippen LogP contribution is -2.46. The van der Waals surface area contributed by atoms with Gasteiger partial charge in [-0.05, 0) is 29.7 Å². The van der Waals surface area contributed by atoms with Crippen LogP contribution in [0.3, 0.4) is 0 Å². The van der Waals surface area contributed by atoms with Crippen LogP contribution in [-0.2, 0) is 16.7 Å². The minimum atomic E-state index is -4.38. The molecule has 2 aliphatic heterocycles. The van der Waals surface area contributed by atoms with Gasteiger partial charge in [0, 0.05) is 17.4 Å². The Morgan fingerprint density at radius 2 is 1.70 bits per heavy atom. The number of nitrogens with zero attached hydrogens (tertiary/aromatic N) is 3. The average molecular weight is 478 g/mol. The highest BCUT2D eigenvalue weighted by Gasteiger charge is 2.43. The fourth-order valence-electron chi connectivity index (χ4n) is 3.79. The number of thioether (sulfide) groups is 1. The van der Waals surface area contributed by atoms with Crippen LogP contribution in [0.5, 0.6) is 11.5 Å². The van der Waals surface area contributed by atoms with Gasteiger partial charge < -0.3 is 9.47 Å². The van der Waals surface area contributed by atoms with Crippen LogP contribution in [0.4, 0.5) is 18.9 Å². The first-order chi connectivity index (χ1) is 15.6. The number of carbonyl (C=O) groups excluding carboxylic acids is 1. The fraction of sp³-hybridized carbons (Fsp3) is 0.348. The van der Waals surface area contributed by atoms with Crippen LogP contribution in [0.25, 0.3) is 0 Å². The number of rotatable bonds is 5. The lowest BCUT2D eigenvalue weighted by molar-refractivity contribution is -0.137. The standard InChI is InChI=1S/C23H22F3N3O3S/c1-12(2)19-21(30)28-20-15-9-17(31-3)18(32-4)10-16(15)27-22(29(19)20)33-11-13-5-7-14(8-6-13)23(24,25)26/h5-10,12,19H,11H2,1-4H3/t19-/m0/s1. The zero-order valence-electron chi connectivity index (χ0n) is 18.4. The minimum absolute atomic E-state index is 0.0303. The molecule has 0 unspecified atom stereocenters. The number of hydrogen-bond acceptors (Lipinski definition) is 6. The first-order valence-corrected chi connectivity index (χ1v) is 11.2. The Kier molecular flexibility index (Phi) is 6.13. The smallest absolute Gasteiger partial charge is 0.416 e. The molecule has 0 aliphatic carbocycles. The molecule has 6 nitrogen and oxygen atoms in total. The van der Waals surface area contributed by atoms with E-state index in [1.165, 1.54) is 38.1 Å². The van der Waals surface area contributed by atoms with Crippen molar-refractivity contribution in [3.63, 3.8) is 0 Å². The van der Waals surface area contributed by atoms with E-state index in [-0.39, 0.29) is 11.8 Å². The zero-order valence-corrected chi connectivity index (χ0v) is 19.3. The highest BCUT2D eigenvalue weighted by molar-refractivity contribution is 8.13. The van der Waals surface area contributed by atoms with Crippen LogP contribution >= 0.6 is 11.8 Å². The van der Waals surface area contributed by atoms with E-state index in [1.54, 1.807) is 12.1 Å². The molecule has 174 valence electrons. The van der Waals surface area contributed by atoms with Crippen molar-refractivity contribution in [2.75, 3.05) is 14.2 Å². The first-order valence-electron chi connectivity index (χ1n) is 10.2. The number of amidine groups is 2. The van der Waals surface area contributed by atoms with Crippen molar-refractivity contribution in [1.29, 1.82) is 0 Å². The van der Waals surface area contributed by atoms with Gasteiger partial charge in [0.05, 0.1) is 25.5 Å². The third kappa shape index (κ3) is 4.31. The molecule has 0 spiro atoms. The predicted octanol–water partition coefficient (Wildman–Crippen LogP) is 5.27. The maximum Gasteiger partial charge on any atom is 0.416 e. The molecule has 4 rings (SSSR count). The second kappa shape index (κ2) is 8.74. The summed E-state index contributed by atoms with van der Waals surface area (Å²) in [6.07, 6.45) is -4.38. The third-order valence-corrected chi connectivity index (χ3v) is 6.44. The molecule has 0 bridgehead atoms. The molecular formula is C23H22F3N3O3S. The molecule has 0 radical (unpaired) electrons. The van der Waals surface area contributed by atoms with Crippen LogP contribution in [0, 0.1) is 5.92 Å². The van der Waals surface area contributed by atoms with Crippen molar-refractivity contribution in [3.8, 4) is 11.5 Å². The molecule has 0 fully saturated rings. The van der Waals surface area contributed by atoms with Crippen molar-refractivity contribution in [2.45, 2.75) is 31.8 Å². The lowest BCUT2D eigenvalue weighted by Gasteiger charge is -2.33. The van der Waals surface area contributed by atoms with E-state index in [9.17, 15) is 18.0 Å². The molecule has 0 N–H and O–H groups in total. The summed E-state index contributed by atoms with van der Waals surface area (Å²) in [6.45, 7) is 3.87. The number of halogens is 3. The maximum atomic E-state index is 12.9. The quantitative estimate of drug-likeness (QED) is 0.587. The second-order valence-corrected chi connectivity index (χ2v) is 8.88. The molecule has 10 heteroatoms. The first kappa shape index (κ1) is 23.2. The number of fused-ring (bicyclic) bond motifs is 3. The molecule has 1 amide bonds. The highest BCUT2D eigenvalue weighted by Crippen LogP contribution is 2.42. The van der Waals surface area contributed by atoms with Gasteiger partial charge in [-0.15, -0.1) is 0 Å². The highest BCUT2D eigenvalue weighted by atomic mass is 32.2. The predicted molar refractivity (Wildman–Crippen MR) is 121 cm³/mol. The number of amides is 1. The van der Waals surface area contributed by atoms with Crippen LogP contribution in [0.2, 0.25) is 0 Å². The minimum Gasteiger partial charge on any atom is -0.493 e. The average Bonchev–Trinajstić information content (AvgIpc) is 3.13. The number of aliphatic imine (C=N–C) groups is 2. The van der Waals surface area contributed by atoms with Crippen molar-refractivity contribution >= 4 is 34.4 Å². The van der Waals surface area contributed by atoms with Gasteiger partial charge in [-0.3, -0.25) is 9.69 Å². The molecule has 0 saturated carbocycles. The number of carbonyl (C=O) groups is 1. The van der Waals surface area contributed by atoms with E-state index in [0.717, 1.165) is 12.1 Å². The zero-order chi connectivity index (χ0) is 23.9. The summed E-state index contributed by atoms with van der Waals surface area (Å²) in [6, 6.07) is 7.98. The Morgan fingerprint density at radius 1 is 1.06 bits per heavy atom. The number of alkyl halides is 3. The van der Waals surface area contributed by atoms with Gasteiger partial charge in [-0.25, -0.2) is 4.99 Å². The van der Waals surface area contributed by atoms with Gasteiger partial charge in [0.15, 0.2) is 16.7 Å². The van der Waals surface area contributed by atoms with E-state index in [1.807, 2.05) is 18.7 Å². The van der Waals surface area contributed by atoms with Gasteiger partial charge in [0.2, 0.25) is 0 Å². The Hall–Kier alpha value is -3.01. The van der Waals surface area contributed by atoms with Crippen molar-refractivity contribution in [1.82, 2.24) is 4.90 Å². The van der Waals surface area contributed by atoms with E-state index < -0.39 is 17.8 Å². The molecule has 0 saturated heterocycles. The molecular weight excluding hydrogens is 455 g/mol. The number of benzene rings is 2. The molecule has 2 aromatic carbocycles. The lowest BCUT2D eigenvalue weighted by atomic mass is 10.0. The molecule has 2 heterocycles. The Bertz CT molecular complexity index is 1140. The van der Waals surface area contributed by atoms with Crippen LogP contribution in [0.1, 0.15) is 30.5 Å². The van der Waals surface area contributed by atoms with E-state index >= 15 is 0 Å². The SMILES string of the molecule is COc1cc2c(cc1OC)C1=NC(=O)[C@H](C(C)C)N1C(SCc1ccc(C(F)(F)F)cc1)=N2. The van der Waals surface area contributed by atoms with E-state index in [4.69, 9.17) is 14.5 Å². The molecule has 2 aromatic rings. The van der Waals surface area contributed by atoms with Gasteiger partial charge in [0.1, 0.15) is 11.9 Å². The summed E-state index contributed by atoms with van der Waals surface area (Å²) >= 11 is 1.34. The molecule has 2 aliphatic rings. The second-order valence-electron chi connectivity index (χ2n) is 7.93. The van der Waals surface area contributed by atoms with Crippen molar-refractivity contribution in [2.24, 2.45) is 15.9 Å². The monoisotopic (exact) mass is 477 g/mol. The van der Waals surface area contributed by atoms with Crippen LogP contribution in [0.15, 0.2) is 46.4 Å². The number of methoxy groups -OCH3 is 2. The van der Waals surface area contributed by atoms with Gasteiger partial charge in [-0.1, -0.05) is 37.7 Å². The van der Waals surface area contributed by atoms with Gasteiger partial charge in [0.25, 0.3) is 5.91 Å². The Morgan fingerprint density at radius 3 is 2.27 bits per heavy atom. The van der Waals surface area contributed by atoms with Gasteiger partial charge >= 0.3 is 6.18 Å².